The second-order valence-corrected chi connectivity index (χ2v) is 6.83. The topological polar surface area (TPSA) is 55.1 Å². The first-order chi connectivity index (χ1) is 13.0. The molecule has 2 aromatic heterocycles. The zero-order valence-corrected chi connectivity index (χ0v) is 16.8. The van der Waals surface area contributed by atoms with Crippen LogP contribution < -0.4 is 5.32 Å². The summed E-state index contributed by atoms with van der Waals surface area (Å²) in [5.41, 5.74) is 5.43. The van der Waals surface area contributed by atoms with Gasteiger partial charge in [-0.15, -0.1) is 0 Å². The first kappa shape index (κ1) is 19.2. The van der Waals surface area contributed by atoms with Crippen LogP contribution in [-0.2, 0) is 12.8 Å². The zero-order chi connectivity index (χ0) is 19.6. The van der Waals surface area contributed by atoms with Crippen molar-refractivity contribution in [3.8, 4) is 11.5 Å². The van der Waals surface area contributed by atoms with Crippen molar-refractivity contribution < 1.29 is 9.21 Å². The first-order valence-corrected chi connectivity index (χ1v) is 9.48. The fourth-order valence-corrected chi connectivity index (χ4v) is 3.57. The van der Waals surface area contributed by atoms with Gasteiger partial charge in [-0.05, 0) is 55.5 Å². The fourth-order valence-electron chi connectivity index (χ4n) is 3.25. The highest BCUT2D eigenvalue weighted by Crippen LogP contribution is 2.32. The van der Waals surface area contributed by atoms with E-state index in [9.17, 15) is 4.79 Å². The fraction of sp³-hybridized carbons (Fsp3) is 0.273. The van der Waals surface area contributed by atoms with Crippen LogP contribution >= 0.6 is 11.6 Å². The highest BCUT2D eigenvalue weighted by atomic mass is 35.5. The van der Waals surface area contributed by atoms with Gasteiger partial charge in [0.2, 0.25) is 0 Å². The molecule has 140 valence electrons. The third-order valence-corrected chi connectivity index (χ3v) is 5.24. The zero-order valence-electron chi connectivity index (χ0n) is 16.0. The molecule has 0 saturated carbocycles. The highest BCUT2D eigenvalue weighted by Gasteiger charge is 2.22. The van der Waals surface area contributed by atoms with E-state index in [-0.39, 0.29) is 5.91 Å². The van der Waals surface area contributed by atoms with Crippen LogP contribution in [-0.4, -0.2) is 10.9 Å². The van der Waals surface area contributed by atoms with Crippen LogP contribution in [0.25, 0.3) is 11.5 Å². The second kappa shape index (κ2) is 7.97. The number of pyridine rings is 1. The van der Waals surface area contributed by atoms with Gasteiger partial charge in [-0.25, -0.2) is 4.98 Å². The summed E-state index contributed by atoms with van der Waals surface area (Å²) in [7, 11) is 0. The van der Waals surface area contributed by atoms with Crippen LogP contribution in [0.15, 0.2) is 41.0 Å². The Morgan fingerprint density at radius 3 is 2.33 bits per heavy atom. The van der Waals surface area contributed by atoms with Crippen molar-refractivity contribution in [2.24, 2.45) is 0 Å². The Balaban J connectivity index is 2.03. The molecular weight excluding hydrogens is 360 g/mol. The Labute approximate surface area is 164 Å². The molecule has 0 aliphatic rings. The summed E-state index contributed by atoms with van der Waals surface area (Å²) in [6, 6.07) is 9.72. The molecule has 0 unspecified atom stereocenters. The number of halogens is 1. The van der Waals surface area contributed by atoms with Crippen molar-refractivity contribution in [2.75, 3.05) is 5.32 Å². The first-order valence-electron chi connectivity index (χ1n) is 9.10. The van der Waals surface area contributed by atoms with Crippen LogP contribution in [0, 0.1) is 13.8 Å². The number of nitrogens with one attached hydrogen (secondary N) is 1. The predicted octanol–water partition coefficient (Wildman–Crippen LogP) is 5.99. The van der Waals surface area contributed by atoms with Gasteiger partial charge >= 0.3 is 0 Å². The van der Waals surface area contributed by atoms with Gasteiger partial charge in [0.25, 0.3) is 5.91 Å². The number of aromatic nitrogens is 1. The molecule has 5 heteroatoms. The molecular formula is C22H23ClN2O2. The van der Waals surface area contributed by atoms with Gasteiger partial charge in [-0.3, -0.25) is 4.79 Å². The van der Waals surface area contributed by atoms with E-state index in [2.05, 4.69) is 24.1 Å². The normalized spacial score (nSPS) is 10.9. The molecule has 0 fully saturated rings. The van der Waals surface area contributed by atoms with E-state index in [4.69, 9.17) is 16.0 Å². The molecule has 0 aliphatic heterocycles. The van der Waals surface area contributed by atoms with Crippen molar-refractivity contribution in [1.29, 1.82) is 0 Å². The molecule has 0 spiro atoms. The van der Waals surface area contributed by atoms with Crippen LogP contribution in [0.2, 0.25) is 5.02 Å². The van der Waals surface area contributed by atoms with Crippen molar-refractivity contribution in [3.63, 3.8) is 0 Å². The maximum absolute atomic E-state index is 13.1. The van der Waals surface area contributed by atoms with E-state index in [0.717, 1.165) is 35.2 Å². The van der Waals surface area contributed by atoms with Gasteiger partial charge in [0, 0.05) is 5.69 Å². The lowest BCUT2D eigenvalue weighted by molar-refractivity contribution is 0.102. The minimum Gasteiger partial charge on any atom is -0.463 e. The number of anilines is 1. The summed E-state index contributed by atoms with van der Waals surface area (Å²) in [5.74, 6) is 0.392. The van der Waals surface area contributed by atoms with Gasteiger partial charge in [-0.1, -0.05) is 43.6 Å². The molecule has 3 rings (SSSR count). The molecule has 0 bridgehead atoms. The minimum absolute atomic E-state index is 0.241. The smallest absolute Gasteiger partial charge is 0.259 e. The van der Waals surface area contributed by atoms with Crippen molar-refractivity contribution in [1.82, 2.24) is 4.98 Å². The Morgan fingerprint density at radius 2 is 1.78 bits per heavy atom. The number of amides is 1. The average molecular weight is 383 g/mol. The molecule has 4 nitrogen and oxygen atoms in total. The molecule has 0 aliphatic carbocycles. The summed E-state index contributed by atoms with van der Waals surface area (Å²) >= 11 is 6.59. The Morgan fingerprint density at radius 1 is 1.11 bits per heavy atom. The van der Waals surface area contributed by atoms with Gasteiger partial charge in [-0.2, -0.15) is 0 Å². The molecule has 1 amide bonds. The van der Waals surface area contributed by atoms with Gasteiger partial charge in [0.15, 0.2) is 5.76 Å². The molecule has 27 heavy (non-hydrogen) atoms. The predicted molar refractivity (Wildman–Crippen MR) is 110 cm³/mol. The van der Waals surface area contributed by atoms with Crippen LogP contribution in [0.3, 0.4) is 0 Å². The summed E-state index contributed by atoms with van der Waals surface area (Å²) in [5, 5.41) is 3.47. The van der Waals surface area contributed by atoms with Crippen molar-refractivity contribution >= 4 is 23.2 Å². The Kier molecular flexibility index (Phi) is 5.66. The SMILES string of the molecule is CCc1cccc(CC)c1NC(=O)c1c(C)nc(-c2ccco2)c(C)c1Cl. The number of hydrogen-bond acceptors (Lipinski definition) is 3. The lowest BCUT2D eigenvalue weighted by Gasteiger charge is -2.17. The van der Waals surface area contributed by atoms with Crippen molar-refractivity contribution in [3.05, 3.63) is 69.6 Å². The summed E-state index contributed by atoms with van der Waals surface area (Å²) < 4.78 is 5.45. The van der Waals surface area contributed by atoms with E-state index < -0.39 is 0 Å². The third-order valence-electron chi connectivity index (χ3n) is 4.76. The highest BCUT2D eigenvalue weighted by molar-refractivity contribution is 6.35. The maximum atomic E-state index is 13.1. The number of carbonyl (C=O) groups is 1. The summed E-state index contributed by atoms with van der Waals surface area (Å²) in [6.07, 6.45) is 3.27. The van der Waals surface area contributed by atoms with Gasteiger partial charge in [0.1, 0.15) is 5.69 Å². The number of aryl methyl sites for hydroxylation is 3. The minimum atomic E-state index is -0.241. The van der Waals surface area contributed by atoms with Crippen LogP contribution in [0.5, 0.6) is 0 Å². The molecule has 0 atom stereocenters. The summed E-state index contributed by atoms with van der Waals surface area (Å²) in [4.78, 5) is 17.7. The Bertz CT molecular complexity index is 956. The van der Waals surface area contributed by atoms with Crippen LogP contribution in [0.1, 0.15) is 46.6 Å². The van der Waals surface area contributed by atoms with Crippen LogP contribution in [0.4, 0.5) is 5.69 Å². The third kappa shape index (κ3) is 3.62. The number of para-hydroxylation sites is 1. The van der Waals surface area contributed by atoms with E-state index in [1.54, 1.807) is 19.3 Å². The molecule has 0 saturated heterocycles. The maximum Gasteiger partial charge on any atom is 0.259 e. The van der Waals surface area contributed by atoms with E-state index >= 15 is 0 Å². The molecule has 2 heterocycles. The average Bonchev–Trinajstić information content (AvgIpc) is 3.19. The number of furan rings is 1. The number of nitrogens with zero attached hydrogens (tertiary/aromatic N) is 1. The lowest BCUT2D eigenvalue weighted by atomic mass is 10.0. The van der Waals surface area contributed by atoms with E-state index in [0.29, 0.717) is 27.7 Å². The van der Waals surface area contributed by atoms with E-state index in [1.165, 1.54) is 0 Å². The van der Waals surface area contributed by atoms with Crippen molar-refractivity contribution in [2.45, 2.75) is 40.5 Å². The number of carbonyl (C=O) groups excluding carboxylic acids is 1. The van der Waals surface area contributed by atoms with Gasteiger partial charge in [0.05, 0.1) is 22.5 Å². The lowest BCUT2D eigenvalue weighted by Crippen LogP contribution is -2.18. The Hall–Kier alpha value is -2.59. The summed E-state index contributed by atoms with van der Waals surface area (Å²) in [6.45, 7) is 7.79. The monoisotopic (exact) mass is 382 g/mol. The molecule has 1 N–H and O–H groups in total. The quantitative estimate of drug-likeness (QED) is 0.589. The van der Waals surface area contributed by atoms with Gasteiger partial charge < -0.3 is 9.73 Å². The number of benzene rings is 1. The molecule has 0 radical (unpaired) electrons. The number of rotatable bonds is 5. The molecule has 3 aromatic rings. The number of hydrogen-bond donors (Lipinski definition) is 1. The molecule has 1 aromatic carbocycles. The standard InChI is InChI=1S/C22H23ClN2O2/c1-5-15-9-7-10-16(6-2)21(15)25-22(26)18-14(4)24-20(13(3)19(18)23)17-11-8-12-27-17/h7-12H,5-6H2,1-4H3,(H,25,26). The largest absolute Gasteiger partial charge is 0.463 e. The second-order valence-electron chi connectivity index (χ2n) is 6.45. The van der Waals surface area contributed by atoms with E-state index in [1.807, 2.05) is 31.2 Å².